The van der Waals surface area contributed by atoms with Gasteiger partial charge in [0.25, 0.3) is 0 Å². The Morgan fingerprint density at radius 1 is 1.39 bits per heavy atom. The third kappa shape index (κ3) is 3.99. The fourth-order valence-electron chi connectivity index (χ4n) is 2.94. The zero-order valence-corrected chi connectivity index (χ0v) is 14.7. The van der Waals surface area contributed by atoms with E-state index in [-0.39, 0.29) is 35.3 Å². The molecule has 1 fully saturated rings. The maximum Gasteiger partial charge on any atom is 0.325 e. The van der Waals surface area contributed by atoms with Crippen LogP contribution in [0.25, 0.3) is 10.9 Å². The summed E-state index contributed by atoms with van der Waals surface area (Å²) in [5.74, 6) is -0.547. The second-order valence-corrected chi connectivity index (χ2v) is 5.55. The lowest BCUT2D eigenvalue weighted by Crippen LogP contribution is -3.00. The van der Waals surface area contributed by atoms with Crippen LogP contribution in [0, 0.1) is 5.82 Å². The number of halogens is 2. The molecule has 4 nitrogen and oxygen atoms in total. The number of benzene rings is 1. The van der Waals surface area contributed by atoms with E-state index in [9.17, 15) is 9.18 Å². The van der Waals surface area contributed by atoms with Gasteiger partial charge in [-0.15, -0.1) is 0 Å². The molecule has 0 bridgehead atoms. The van der Waals surface area contributed by atoms with Crippen LogP contribution in [0.15, 0.2) is 24.4 Å². The summed E-state index contributed by atoms with van der Waals surface area (Å²) in [5.41, 5.74) is 1.79. The molecule has 1 aliphatic heterocycles. The lowest BCUT2D eigenvalue weighted by atomic mass is 10.2. The standard InChI is InChI=1S/C17H20FN2O2.BrH/c1-2-22-17(21)12-20-11-13(10-19-7-3-4-8-19)15-9-14(18)5-6-16(15)20;/h5-6,9-11H,2-4,7-8,12H2,1H3;1H/q+1;/p-1. The first-order chi connectivity index (χ1) is 10.7. The summed E-state index contributed by atoms with van der Waals surface area (Å²) in [6.45, 7) is 4.34. The Balaban J connectivity index is 0.00000192. The topological polar surface area (TPSA) is 34.2 Å². The van der Waals surface area contributed by atoms with E-state index in [1.54, 1.807) is 13.0 Å². The van der Waals surface area contributed by atoms with E-state index < -0.39 is 0 Å². The van der Waals surface area contributed by atoms with Crippen molar-refractivity contribution in [3.8, 4) is 0 Å². The molecule has 6 heteroatoms. The van der Waals surface area contributed by atoms with Crippen LogP contribution in [0.4, 0.5) is 4.39 Å². The molecule has 0 saturated carbocycles. The molecule has 3 rings (SSSR count). The van der Waals surface area contributed by atoms with Gasteiger partial charge in [-0.3, -0.25) is 4.79 Å². The molecule has 2 aromatic rings. The van der Waals surface area contributed by atoms with Crippen molar-refractivity contribution >= 4 is 23.1 Å². The van der Waals surface area contributed by atoms with Crippen molar-refractivity contribution in [3.63, 3.8) is 0 Å². The molecule has 0 unspecified atom stereocenters. The van der Waals surface area contributed by atoms with Gasteiger partial charge in [0.15, 0.2) is 6.21 Å². The van der Waals surface area contributed by atoms with Crippen LogP contribution in [-0.4, -0.2) is 41.0 Å². The fraction of sp³-hybridized carbons (Fsp3) is 0.412. The Labute approximate surface area is 145 Å². The molecule has 0 spiro atoms. The van der Waals surface area contributed by atoms with E-state index in [1.807, 2.05) is 10.8 Å². The summed E-state index contributed by atoms with van der Waals surface area (Å²) in [4.78, 5) is 11.7. The summed E-state index contributed by atoms with van der Waals surface area (Å²) in [6, 6.07) is 4.66. The summed E-state index contributed by atoms with van der Waals surface area (Å²) >= 11 is 0. The predicted octanol–water partition coefficient (Wildman–Crippen LogP) is -0.427. The highest BCUT2D eigenvalue weighted by atomic mass is 79.9. The maximum absolute atomic E-state index is 13.6. The minimum Gasteiger partial charge on any atom is -1.00 e. The summed E-state index contributed by atoms with van der Waals surface area (Å²) in [5, 5.41) is 0.830. The molecule has 0 aliphatic carbocycles. The van der Waals surface area contributed by atoms with Crippen molar-refractivity contribution in [1.82, 2.24) is 4.57 Å². The van der Waals surface area contributed by atoms with Gasteiger partial charge in [0.05, 0.1) is 12.2 Å². The molecule has 23 heavy (non-hydrogen) atoms. The van der Waals surface area contributed by atoms with Crippen molar-refractivity contribution in [2.45, 2.75) is 26.3 Å². The van der Waals surface area contributed by atoms with E-state index >= 15 is 0 Å². The monoisotopic (exact) mass is 382 g/mol. The fourth-order valence-corrected chi connectivity index (χ4v) is 2.94. The molecule has 0 N–H and O–H groups in total. The molecule has 0 amide bonds. The number of ether oxygens (including phenoxy) is 1. The average Bonchev–Trinajstić information content (AvgIpc) is 3.09. The predicted molar refractivity (Wildman–Crippen MR) is 82.9 cm³/mol. The molecule has 2 heterocycles. The SMILES string of the molecule is CCOC(=O)Cn1cc(C=[N+]2CCCC2)c2cc(F)ccc21.[Br-]. The minimum atomic E-state index is -0.281. The van der Waals surface area contributed by atoms with E-state index in [0.717, 1.165) is 29.6 Å². The normalized spacial score (nSPS) is 13.9. The molecule has 1 aromatic heterocycles. The quantitative estimate of drug-likeness (QED) is 0.531. The van der Waals surface area contributed by atoms with Crippen LogP contribution in [0.1, 0.15) is 25.3 Å². The average molecular weight is 383 g/mol. The molecule has 1 saturated heterocycles. The van der Waals surface area contributed by atoms with Crippen molar-refractivity contribution in [2.75, 3.05) is 19.7 Å². The summed E-state index contributed by atoms with van der Waals surface area (Å²) in [7, 11) is 0. The number of hydrogen-bond acceptors (Lipinski definition) is 2. The number of hydrogen-bond donors (Lipinski definition) is 0. The van der Waals surface area contributed by atoms with Crippen molar-refractivity contribution in [3.05, 3.63) is 35.8 Å². The number of nitrogens with zero attached hydrogens (tertiary/aromatic N) is 2. The van der Waals surface area contributed by atoms with Crippen molar-refractivity contribution in [2.24, 2.45) is 0 Å². The third-order valence-electron chi connectivity index (χ3n) is 3.94. The van der Waals surface area contributed by atoms with Crippen LogP contribution in [0.2, 0.25) is 0 Å². The molecular formula is C17H20BrFN2O2. The van der Waals surface area contributed by atoms with Gasteiger partial charge in [-0.2, -0.15) is 0 Å². The van der Waals surface area contributed by atoms with Gasteiger partial charge in [-0.25, -0.2) is 8.97 Å². The van der Waals surface area contributed by atoms with E-state index in [0.29, 0.717) is 6.61 Å². The lowest BCUT2D eigenvalue weighted by Gasteiger charge is -2.04. The summed E-state index contributed by atoms with van der Waals surface area (Å²) in [6.07, 6.45) is 6.34. The first-order valence-electron chi connectivity index (χ1n) is 7.70. The number of esters is 1. The maximum atomic E-state index is 13.6. The van der Waals surface area contributed by atoms with Gasteiger partial charge in [-0.1, -0.05) is 0 Å². The van der Waals surface area contributed by atoms with Crippen LogP contribution in [-0.2, 0) is 16.1 Å². The van der Waals surface area contributed by atoms with Crippen LogP contribution in [0.3, 0.4) is 0 Å². The number of aromatic nitrogens is 1. The number of fused-ring (bicyclic) bond motifs is 1. The Bertz CT molecular complexity index is 732. The molecule has 0 radical (unpaired) electrons. The Morgan fingerprint density at radius 2 is 2.13 bits per heavy atom. The van der Waals surface area contributed by atoms with E-state index in [2.05, 4.69) is 10.8 Å². The number of carbonyl (C=O) groups excluding carboxylic acids is 1. The minimum absolute atomic E-state index is 0. The van der Waals surface area contributed by atoms with Gasteiger partial charge in [0.1, 0.15) is 25.5 Å². The highest BCUT2D eigenvalue weighted by molar-refractivity contribution is 5.98. The van der Waals surface area contributed by atoms with Crippen molar-refractivity contribution in [1.29, 1.82) is 0 Å². The largest absolute Gasteiger partial charge is 1.00 e. The highest BCUT2D eigenvalue weighted by Gasteiger charge is 2.17. The van der Waals surface area contributed by atoms with Crippen LogP contribution >= 0.6 is 0 Å². The highest BCUT2D eigenvalue weighted by Crippen LogP contribution is 2.22. The smallest absolute Gasteiger partial charge is 0.325 e. The Morgan fingerprint density at radius 3 is 2.83 bits per heavy atom. The molecule has 124 valence electrons. The zero-order valence-electron chi connectivity index (χ0n) is 13.1. The number of carbonyl (C=O) groups is 1. The van der Waals surface area contributed by atoms with Crippen LogP contribution < -0.4 is 17.0 Å². The second-order valence-electron chi connectivity index (χ2n) is 5.55. The van der Waals surface area contributed by atoms with E-state index in [4.69, 9.17) is 4.74 Å². The molecule has 1 aliphatic rings. The molecule has 0 atom stereocenters. The molecule has 1 aromatic carbocycles. The van der Waals surface area contributed by atoms with Gasteiger partial charge in [0, 0.05) is 29.9 Å². The lowest BCUT2D eigenvalue weighted by molar-refractivity contribution is -0.500. The Kier molecular flexibility index (Phi) is 5.93. The third-order valence-corrected chi connectivity index (χ3v) is 3.94. The van der Waals surface area contributed by atoms with Crippen LogP contribution in [0.5, 0.6) is 0 Å². The van der Waals surface area contributed by atoms with Gasteiger partial charge in [-0.05, 0) is 25.1 Å². The summed E-state index contributed by atoms with van der Waals surface area (Å²) < 4.78 is 22.7. The zero-order chi connectivity index (χ0) is 15.5. The van der Waals surface area contributed by atoms with Gasteiger partial charge in [0.2, 0.25) is 0 Å². The van der Waals surface area contributed by atoms with Crippen molar-refractivity contribution < 1.29 is 35.5 Å². The van der Waals surface area contributed by atoms with E-state index in [1.165, 1.54) is 25.0 Å². The first kappa shape index (κ1) is 17.7. The first-order valence-corrected chi connectivity index (χ1v) is 7.70. The second kappa shape index (κ2) is 7.73. The number of rotatable bonds is 4. The van der Waals surface area contributed by atoms with Gasteiger partial charge >= 0.3 is 5.97 Å². The van der Waals surface area contributed by atoms with Gasteiger partial charge < -0.3 is 26.3 Å². The molecular weight excluding hydrogens is 363 g/mol. The Hall–Kier alpha value is -1.69.